The second-order valence-corrected chi connectivity index (χ2v) is 2.01. The van der Waals surface area contributed by atoms with Gasteiger partial charge in [0.05, 0.1) is 0 Å². The van der Waals surface area contributed by atoms with Crippen molar-refractivity contribution in [1.82, 2.24) is 0 Å². The summed E-state index contributed by atoms with van der Waals surface area (Å²) in [6, 6.07) is 0. The van der Waals surface area contributed by atoms with Crippen molar-refractivity contribution in [2.45, 2.75) is 13.8 Å². The Balaban J connectivity index is -0.000000107. The van der Waals surface area contributed by atoms with Gasteiger partial charge in [-0.2, -0.15) is 0 Å². The molecule has 0 radical (unpaired) electrons. The van der Waals surface area contributed by atoms with Crippen LogP contribution in [0.15, 0.2) is 0 Å². The molecule has 64 valence electrons. The van der Waals surface area contributed by atoms with E-state index in [0.717, 1.165) is 13.2 Å². The van der Waals surface area contributed by atoms with Gasteiger partial charge in [-0.3, -0.25) is 8.42 Å². The quantitative estimate of drug-likeness (QED) is 0.330. The fourth-order valence-corrected chi connectivity index (χ4v) is 0.204. The van der Waals surface area contributed by atoms with E-state index >= 15 is 0 Å². The molecule has 0 amide bonds. The summed E-state index contributed by atoms with van der Waals surface area (Å²) in [6.07, 6.45) is 0. The third kappa shape index (κ3) is 116. The Hall–Kier alpha value is 0.596. The summed E-state index contributed by atoms with van der Waals surface area (Å²) in [5.41, 5.74) is 0. The summed E-state index contributed by atoms with van der Waals surface area (Å²) in [7, 11) is -5.17. The molecule has 0 saturated heterocycles. The van der Waals surface area contributed by atoms with E-state index in [1.54, 1.807) is 0 Å². The number of hydrogen-bond donors (Lipinski definition) is 0. The number of hydrogen-bond acceptors (Lipinski definition) is 5. The molecule has 0 N–H and O–H groups in total. The van der Waals surface area contributed by atoms with Crippen molar-refractivity contribution in [3.8, 4) is 0 Å². The molecular formula is C4H10MgO5S. The van der Waals surface area contributed by atoms with Crippen LogP contribution in [-0.2, 0) is 15.1 Å². The first-order valence-electron chi connectivity index (χ1n) is 2.66. The second kappa shape index (κ2) is 10.6. The summed E-state index contributed by atoms with van der Waals surface area (Å²) < 4.78 is 38.9. The molecule has 0 rings (SSSR count). The summed E-state index contributed by atoms with van der Waals surface area (Å²) in [4.78, 5) is 0. The molecule has 0 aromatic rings. The molecule has 0 spiro atoms. The third-order valence-corrected chi connectivity index (χ3v) is 0.408. The van der Waals surface area contributed by atoms with E-state index in [1.807, 2.05) is 13.8 Å². The minimum atomic E-state index is -5.17. The van der Waals surface area contributed by atoms with Gasteiger partial charge >= 0.3 is 23.1 Å². The SMILES string of the molecule is CCOCC.O=S(=O)([O-])[O-].[Mg+2]. The average molecular weight is 194 g/mol. The van der Waals surface area contributed by atoms with Gasteiger partial charge in [-0.25, -0.2) is 0 Å². The standard InChI is InChI=1S/C4H10O.Mg.H2O4S/c1-3-5-4-2;;1-5(2,3)4/h3-4H2,1-2H3;;(H2,1,2,3,4)/q;+2;/p-2. The monoisotopic (exact) mass is 194 g/mol. The van der Waals surface area contributed by atoms with E-state index in [9.17, 15) is 0 Å². The predicted molar refractivity (Wildman–Crippen MR) is 38.4 cm³/mol. The molecular weight excluding hydrogens is 184 g/mol. The van der Waals surface area contributed by atoms with E-state index in [0.29, 0.717) is 0 Å². The van der Waals surface area contributed by atoms with Crippen LogP contribution < -0.4 is 0 Å². The predicted octanol–water partition coefficient (Wildman–Crippen LogP) is -0.676. The molecule has 0 aromatic heterocycles. The normalized spacial score (nSPS) is 9.09. The van der Waals surface area contributed by atoms with E-state index in [4.69, 9.17) is 22.3 Å². The van der Waals surface area contributed by atoms with Crippen LogP contribution in [0, 0.1) is 0 Å². The first-order chi connectivity index (χ1) is 4.41. The van der Waals surface area contributed by atoms with Crippen molar-refractivity contribution in [1.29, 1.82) is 0 Å². The van der Waals surface area contributed by atoms with Gasteiger partial charge in [0.15, 0.2) is 0 Å². The van der Waals surface area contributed by atoms with Crippen LogP contribution >= 0.6 is 0 Å². The maximum absolute atomic E-state index is 8.52. The molecule has 0 bridgehead atoms. The molecule has 0 atom stereocenters. The van der Waals surface area contributed by atoms with Crippen molar-refractivity contribution in [3.05, 3.63) is 0 Å². The first-order valence-corrected chi connectivity index (χ1v) is 3.99. The molecule has 0 aliphatic carbocycles. The van der Waals surface area contributed by atoms with Crippen LogP contribution in [0.2, 0.25) is 0 Å². The Labute approximate surface area is 82.9 Å². The summed E-state index contributed by atoms with van der Waals surface area (Å²) >= 11 is 0. The molecule has 5 nitrogen and oxygen atoms in total. The Kier molecular flexibility index (Phi) is 17.0. The molecule has 0 aromatic carbocycles. The van der Waals surface area contributed by atoms with E-state index < -0.39 is 10.4 Å². The number of rotatable bonds is 2. The van der Waals surface area contributed by atoms with Crippen molar-refractivity contribution in [2.24, 2.45) is 0 Å². The third-order valence-electron chi connectivity index (χ3n) is 0.408. The van der Waals surface area contributed by atoms with Gasteiger partial charge in [-0.15, -0.1) is 0 Å². The van der Waals surface area contributed by atoms with Crippen molar-refractivity contribution in [3.63, 3.8) is 0 Å². The summed E-state index contributed by atoms with van der Waals surface area (Å²) in [6.45, 7) is 5.67. The zero-order valence-corrected chi connectivity index (χ0v) is 8.80. The van der Waals surface area contributed by atoms with Gasteiger partial charge < -0.3 is 13.8 Å². The zero-order valence-electron chi connectivity index (χ0n) is 6.57. The van der Waals surface area contributed by atoms with Crippen molar-refractivity contribution >= 4 is 33.5 Å². The maximum atomic E-state index is 8.52. The smallest absolute Gasteiger partial charge is 0.759 e. The van der Waals surface area contributed by atoms with Crippen LogP contribution in [-0.4, -0.2) is 53.8 Å². The topological polar surface area (TPSA) is 89.5 Å². The average Bonchev–Trinajstić information content (AvgIpc) is 1.63. The second-order valence-electron chi connectivity index (χ2n) is 1.19. The van der Waals surface area contributed by atoms with E-state index in [-0.39, 0.29) is 23.1 Å². The number of ether oxygens (including phenoxy) is 1. The van der Waals surface area contributed by atoms with Gasteiger partial charge in [-0.05, 0) is 13.8 Å². The molecule has 0 heterocycles. The summed E-state index contributed by atoms with van der Waals surface area (Å²) in [5.74, 6) is 0. The van der Waals surface area contributed by atoms with Gasteiger partial charge in [0.25, 0.3) is 0 Å². The Morgan fingerprint density at radius 2 is 1.36 bits per heavy atom. The van der Waals surface area contributed by atoms with Gasteiger partial charge in [0.1, 0.15) is 0 Å². The minimum absolute atomic E-state index is 0. The van der Waals surface area contributed by atoms with Crippen LogP contribution in [0.1, 0.15) is 13.8 Å². The largest absolute Gasteiger partial charge is 2.00 e. The van der Waals surface area contributed by atoms with Crippen LogP contribution in [0.25, 0.3) is 0 Å². The first kappa shape index (κ1) is 17.6. The molecule has 0 aliphatic rings. The fraction of sp³-hybridized carbons (Fsp3) is 1.00. The van der Waals surface area contributed by atoms with E-state index in [1.165, 1.54) is 0 Å². The summed E-state index contributed by atoms with van der Waals surface area (Å²) in [5, 5.41) is 0. The van der Waals surface area contributed by atoms with Gasteiger partial charge in [0.2, 0.25) is 0 Å². The molecule has 0 saturated carbocycles. The van der Waals surface area contributed by atoms with Gasteiger partial charge in [-0.1, -0.05) is 0 Å². The molecule has 0 unspecified atom stereocenters. The fourth-order valence-electron chi connectivity index (χ4n) is 0.204. The Morgan fingerprint density at radius 3 is 1.36 bits per heavy atom. The molecule has 7 heteroatoms. The maximum Gasteiger partial charge on any atom is 2.00 e. The Morgan fingerprint density at radius 1 is 1.18 bits per heavy atom. The van der Waals surface area contributed by atoms with Crippen LogP contribution in [0.5, 0.6) is 0 Å². The van der Waals surface area contributed by atoms with Crippen molar-refractivity contribution < 1.29 is 22.3 Å². The van der Waals surface area contributed by atoms with E-state index in [2.05, 4.69) is 0 Å². The zero-order chi connectivity index (χ0) is 8.62. The van der Waals surface area contributed by atoms with Gasteiger partial charge in [0, 0.05) is 23.6 Å². The van der Waals surface area contributed by atoms with Crippen LogP contribution in [0.3, 0.4) is 0 Å². The Bertz CT molecular complexity index is 133. The minimum Gasteiger partial charge on any atom is -0.759 e. The molecule has 11 heavy (non-hydrogen) atoms. The van der Waals surface area contributed by atoms with Crippen molar-refractivity contribution in [2.75, 3.05) is 13.2 Å². The molecule has 0 fully saturated rings. The molecule has 0 aliphatic heterocycles. The van der Waals surface area contributed by atoms with Crippen LogP contribution in [0.4, 0.5) is 0 Å².